The van der Waals surface area contributed by atoms with Crippen molar-refractivity contribution in [2.75, 3.05) is 32.7 Å². The van der Waals surface area contributed by atoms with E-state index in [4.69, 9.17) is 6.42 Å². The van der Waals surface area contributed by atoms with Crippen LogP contribution in [0.1, 0.15) is 31.4 Å². The van der Waals surface area contributed by atoms with E-state index < -0.39 is 0 Å². The molecular weight excluding hydrogens is 250 g/mol. The van der Waals surface area contributed by atoms with Gasteiger partial charge in [0.05, 0.1) is 6.54 Å². The third kappa shape index (κ3) is 3.81. The predicted molar refractivity (Wildman–Crippen MR) is 80.2 cm³/mol. The number of piperazine rings is 1. The average Bonchev–Trinajstić information content (AvgIpc) is 2.80. The summed E-state index contributed by atoms with van der Waals surface area (Å²) in [5, 5.41) is 8.54. The van der Waals surface area contributed by atoms with Crippen LogP contribution >= 0.6 is 0 Å². The summed E-state index contributed by atoms with van der Waals surface area (Å²) >= 11 is 0. The Morgan fingerprint density at radius 1 is 1.10 bits per heavy atom. The van der Waals surface area contributed by atoms with Crippen molar-refractivity contribution in [3.8, 4) is 12.3 Å². The van der Waals surface area contributed by atoms with Gasteiger partial charge in [0.15, 0.2) is 0 Å². The predicted octanol–water partition coefficient (Wildman–Crippen LogP) is 1.14. The van der Waals surface area contributed by atoms with Crippen molar-refractivity contribution >= 4 is 0 Å². The number of aryl methyl sites for hydroxylation is 1. The minimum Gasteiger partial charge on any atom is -0.314 e. The van der Waals surface area contributed by atoms with Gasteiger partial charge < -0.3 is 4.57 Å². The van der Waals surface area contributed by atoms with E-state index in [2.05, 4.69) is 37.4 Å². The summed E-state index contributed by atoms with van der Waals surface area (Å²) < 4.78 is 2.24. The Bertz CT molecular complexity index is 451. The number of hydrogen-bond donors (Lipinski definition) is 0. The molecule has 1 aromatic heterocycles. The zero-order valence-electron chi connectivity index (χ0n) is 12.7. The van der Waals surface area contributed by atoms with Crippen molar-refractivity contribution in [1.82, 2.24) is 24.6 Å². The molecule has 0 N–H and O–H groups in total. The fraction of sp³-hybridized carbons (Fsp3) is 0.733. The molecule has 0 bridgehead atoms. The summed E-state index contributed by atoms with van der Waals surface area (Å²) in [5.74, 6) is 4.83. The van der Waals surface area contributed by atoms with Crippen LogP contribution in [0.15, 0.2) is 0 Å². The van der Waals surface area contributed by atoms with Crippen LogP contribution < -0.4 is 0 Å². The van der Waals surface area contributed by atoms with Gasteiger partial charge in [0, 0.05) is 45.7 Å². The third-order valence-corrected chi connectivity index (χ3v) is 3.86. The molecule has 1 saturated heterocycles. The SMILES string of the molecule is C#CCCN1CCN(Cc2nnc(C)n2CCC)CC1. The van der Waals surface area contributed by atoms with Gasteiger partial charge in [-0.05, 0) is 13.3 Å². The van der Waals surface area contributed by atoms with E-state index in [1.54, 1.807) is 0 Å². The standard InChI is InChI=1S/C15H25N5/c1-4-6-8-18-9-11-19(12-10-18)13-15-17-16-14(3)20(15)7-5-2/h1H,5-13H2,2-3H3. The molecule has 0 aromatic carbocycles. The highest BCUT2D eigenvalue weighted by Crippen LogP contribution is 2.09. The summed E-state index contributed by atoms with van der Waals surface area (Å²) in [6.45, 7) is 11.5. The van der Waals surface area contributed by atoms with Crippen molar-refractivity contribution < 1.29 is 0 Å². The maximum Gasteiger partial charge on any atom is 0.147 e. The van der Waals surface area contributed by atoms with Crippen LogP contribution in [0, 0.1) is 19.3 Å². The van der Waals surface area contributed by atoms with Gasteiger partial charge in [-0.25, -0.2) is 0 Å². The highest BCUT2D eigenvalue weighted by atomic mass is 15.3. The largest absolute Gasteiger partial charge is 0.314 e. The maximum atomic E-state index is 5.32. The van der Waals surface area contributed by atoms with Gasteiger partial charge in [0.2, 0.25) is 0 Å². The molecule has 20 heavy (non-hydrogen) atoms. The lowest BCUT2D eigenvalue weighted by molar-refractivity contribution is 0.125. The van der Waals surface area contributed by atoms with E-state index in [1.807, 2.05) is 6.92 Å². The molecule has 1 aromatic rings. The lowest BCUT2D eigenvalue weighted by Crippen LogP contribution is -2.46. The molecule has 2 rings (SSSR count). The van der Waals surface area contributed by atoms with Gasteiger partial charge in [-0.2, -0.15) is 0 Å². The molecule has 0 spiro atoms. The van der Waals surface area contributed by atoms with E-state index in [0.717, 1.165) is 70.3 Å². The molecule has 110 valence electrons. The molecule has 1 aliphatic rings. The van der Waals surface area contributed by atoms with Crippen molar-refractivity contribution in [1.29, 1.82) is 0 Å². The molecule has 5 nitrogen and oxygen atoms in total. The van der Waals surface area contributed by atoms with E-state index in [0.29, 0.717) is 0 Å². The molecule has 1 fully saturated rings. The maximum absolute atomic E-state index is 5.32. The lowest BCUT2D eigenvalue weighted by Gasteiger charge is -2.34. The monoisotopic (exact) mass is 275 g/mol. The summed E-state index contributed by atoms with van der Waals surface area (Å²) in [6, 6.07) is 0. The second-order valence-electron chi connectivity index (χ2n) is 5.39. The Kier molecular flexibility index (Phi) is 5.57. The van der Waals surface area contributed by atoms with Crippen LogP contribution in [0.5, 0.6) is 0 Å². The smallest absolute Gasteiger partial charge is 0.147 e. The molecule has 0 amide bonds. The van der Waals surface area contributed by atoms with Crippen LogP contribution in [-0.4, -0.2) is 57.3 Å². The minimum absolute atomic E-state index is 0.851. The molecule has 0 radical (unpaired) electrons. The van der Waals surface area contributed by atoms with E-state index >= 15 is 0 Å². The number of nitrogens with zero attached hydrogens (tertiary/aromatic N) is 5. The number of aromatic nitrogens is 3. The summed E-state index contributed by atoms with van der Waals surface area (Å²) in [5.41, 5.74) is 0. The van der Waals surface area contributed by atoms with E-state index in [1.165, 1.54) is 0 Å². The highest BCUT2D eigenvalue weighted by Gasteiger charge is 2.18. The number of rotatable bonds is 6. The molecule has 0 aliphatic carbocycles. The Hall–Kier alpha value is -1.38. The first-order chi connectivity index (χ1) is 9.74. The first-order valence-corrected chi connectivity index (χ1v) is 7.51. The van der Waals surface area contributed by atoms with Gasteiger partial charge in [-0.15, -0.1) is 22.5 Å². The second kappa shape index (κ2) is 7.41. The Morgan fingerprint density at radius 3 is 2.45 bits per heavy atom. The molecule has 0 saturated carbocycles. The molecule has 0 atom stereocenters. The lowest BCUT2D eigenvalue weighted by atomic mass is 10.3. The molecule has 0 unspecified atom stereocenters. The van der Waals surface area contributed by atoms with Crippen LogP contribution in [0.2, 0.25) is 0 Å². The zero-order valence-corrected chi connectivity index (χ0v) is 12.7. The van der Waals surface area contributed by atoms with Gasteiger partial charge in [0.1, 0.15) is 11.6 Å². The Labute approximate surface area is 122 Å². The van der Waals surface area contributed by atoms with Crippen molar-refractivity contribution in [2.24, 2.45) is 0 Å². The van der Waals surface area contributed by atoms with Crippen LogP contribution in [0.25, 0.3) is 0 Å². The first kappa shape index (κ1) is 15.0. The van der Waals surface area contributed by atoms with E-state index in [9.17, 15) is 0 Å². The normalized spacial score (nSPS) is 17.2. The Morgan fingerprint density at radius 2 is 1.80 bits per heavy atom. The van der Waals surface area contributed by atoms with Gasteiger partial charge in [-0.1, -0.05) is 6.92 Å². The Balaban J connectivity index is 1.85. The summed E-state index contributed by atoms with van der Waals surface area (Å²) in [7, 11) is 0. The first-order valence-electron chi connectivity index (χ1n) is 7.51. The average molecular weight is 275 g/mol. The van der Waals surface area contributed by atoms with Crippen LogP contribution in [0.3, 0.4) is 0 Å². The summed E-state index contributed by atoms with van der Waals surface area (Å²) in [6.07, 6.45) is 7.29. The highest BCUT2D eigenvalue weighted by molar-refractivity contribution is 4.94. The topological polar surface area (TPSA) is 37.2 Å². The van der Waals surface area contributed by atoms with Crippen molar-refractivity contribution in [3.63, 3.8) is 0 Å². The van der Waals surface area contributed by atoms with Crippen molar-refractivity contribution in [3.05, 3.63) is 11.6 Å². The van der Waals surface area contributed by atoms with Crippen molar-refractivity contribution in [2.45, 2.75) is 39.8 Å². The molecule has 2 heterocycles. The van der Waals surface area contributed by atoms with Gasteiger partial charge >= 0.3 is 0 Å². The van der Waals surface area contributed by atoms with Gasteiger partial charge in [-0.3, -0.25) is 9.80 Å². The summed E-state index contributed by atoms with van der Waals surface area (Å²) in [4.78, 5) is 4.90. The molecule has 5 heteroatoms. The number of terminal acetylenes is 1. The zero-order chi connectivity index (χ0) is 14.4. The van der Waals surface area contributed by atoms with Gasteiger partial charge in [0.25, 0.3) is 0 Å². The fourth-order valence-electron chi connectivity index (χ4n) is 2.65. The molecule has 1 aliphatic heterocycles. The second-order valence-corrected chi connectivity index (χ2v) is 5.39. The van der Waals surface area contributed by atoms with Crippen LogP contribution in [-0.2, 0) is 13.1 Å². The minimum atomic E-state index is 0.851. The third-order valence-electron chi connectivity index (χ3n) is 3.86. The quantitative estimate of drug-likeness (QED) is 0.730. The number of hydrogen-bond acceptors (Lipinski definition) is 4. The fourth-order valence-corrected chi connectivity index (χ4v) is 2.65. The van der Waals surface area contributed by atoms with Crippen LogP contribution in [0.4, 0.5) is 0 Å². The molecular formula is C15H25N5. The van der Waals surface area contributed by atoms with E-state index in [-0.39, 0.29) is 0 Å².